The molecule has 0 N–H and O–H groups in total. The monoisotopic (exact) mass is 356 g/mol. The highest BCUT2D eigenvalue weighted by Gasteiger charge is 2.38. The van der Waals surface area contributed by atoms with Crippen LogP contribution in [-0.4, -0.2) is 61.6 Å². The number of hydrogen-bond acceptors (Lipinski definition) is 4. The van der Waals surface area contributed by atoms with Crippen molar-refractivity contribution in [1.82, 2.24) is 9.80 Å². The van der Waals surface area contributed by atoms with Gasteiger partial charge >= 0.3 is 0 Å². The number of nitrogens with zero attached hydrogens (tertiary/aromatic N) is 2. The molecule has 2 fully saturated rings. The molecule has 1 aromatic rings. The lowest BCUT2D eigenvalue weighted by molar-refractivity contribution is -0.133. The van der Waals surface area contributed by atoms with E-state index in [2.05, 4.69) is 11.0 Å². The third-order valence-corrected chi connectivity index (χ3v) is 6.05. The maximum absolute atomic E-state index is 12.3. The predicted molar refractivity (Wildman–Crippen MR) is 101 cm³/mol. The first-order valence-electron chi connectivity index (χ1n) is 9.65. The molecule has 0 aliphatic carbocycles. The highest BCUT2D eigenvalue weighted by molar-refractivity contribution is 5.76. The van der Waals surface area contributed by atoms with Crippen molar-refractivity contribution < 1.29 is 14.3 Å². The molecule has 140 valence electrons. The van der Waals surface area contributed by atoms with Crippen LogP contribution in [0.15, 0.2) is 23.8 Å². The minimum absolute atomic E-state index is 0.308. The SMILES string of the molecule is COc1ccc2c(c1)C=C(CN1CC[C@H]3[C@H]1CCCCC(=O)N3C)CO2. The first-order valence-corrected chi connectivity index (χ1v) is 9.65. The summed E-state index contributed by atoms with van der Waals surface area (Å²) in [6.07, 6.45) is 7.36. The van der Waals surface area contributed by atoms with Crippen LogP contribution in [0.5, 0.6) is 11.5 Å². The highest BCUT2D eigenvalue weighted by Crippen LogP contribution is 2.33. The smallest absolute Gasteiger partial charge is 0.222 e. The maximum Gasteiger partial charge on any atom is 0.222 e. The summed E-state index contributed by atoms with van der Waals surface area (Å²) < 4.78 is 11.3. The van der Waals surface area contributed by atoms with Crippen molar-refractivity contribution in [3.8, 4) is 11.5 Å². The van der Waals surface area contributed by atoms with Gasteiger partial charge in [0, 0.05) is 44.2 Å². The number of rotatable bonds is 3. The Labute approximate surface area is 155 Å². The quantitative estimate of drug-likeness (QED) is 0.835. The van der Waals surface area contributed by atoms with E-state index in [4.69, 9.17) is 9.47 Å². The number of likely N-dealkylation sites (N-methyl/N-ethyl adjacent to an activating group) is 1. The summed E-state index contributed by atoms with van der Waals surface area (Å²) in [4.78, 5) is 16.8. The van der Waals surface area contributed by atoms with Gasteiger partial charge in [-0.3, -0.25) is 9.69 Å². The van der Waals surface area contributed by atoms with Gasteiger partial charge in [-0.15, -0.1) is 0 Å². The van der Waals surface area contributed by atoms with Gasteiger partial charge in [-0.05, 0) is 49.1 Å². The summed E-state index contributed by atoms with van der Waals surface area (Å²) in [5.74, 6) is 2.08. The lowest BCUT2D eigenvalue weighted by Gasteiger charge is -2.36. The molecule has 5 heteroatoms. The van der Waals surface area contributed by atoms with Crippen LogP contribution in [0.1, 0.15) is 37.7 Å². The number of hydrogen-bond donors (Lipinski definition) is 0. The van der Waals surface area contributed by atoms with E-state index in [0.717, 1.165) is 49.4 Å². The van der Waals surface area contributed by atoms with Crippen LogP contribution in [0, 0.1) is 0 Å². The van der Waals surface area contributed by atoms with Gasteiger partial charge in [-0.2, -0.15) is 0 Å². The third-order valence-electron chi connectivity index (χ3n) is 6.05. The van der Waals surface area contributed by atoms with E-state index < -0.39 is 0 Å². The molecule has 3 heterocycles. The molecule has 4 rings (SSSR count). The number of amides is 1. The Morgan fingerprint density at radius 1 is 1.23 bits per heavy atom. The molecule has 2 saturated heterocycles. The van der Waals surface area contributed by atoms with Crippen LogP contribution in [0.2, 0.25) is 0 Å². The topological polar surface area (TPSA) is 42.0 Å². The third kappa shape index (κ3) is 3.32. The summed E-state index contributed by atoms with van der Waals surface area (Å²) in [7, 11) is 3.67. The van der Waals surface area contributed by atoms with Gasteiger partial charge in [0.15, 0.2) is 0 Å². The van der Waals surface area contributed by atoms with Crippen molar-refractivity contribution >= 4 is 12.0 Å². The first kappa shape index (κ1) is 17.4. The Bertz CT molecular complexity index is 715. The standard InChI is InChI=1S/C21H28N2O3/c1-22-18-9-10-23(19(18)5-3-4-6-21(22)24)13-15-11-16-12-17(25-2)7-8-20(16)26-14-15/h7-8,11-12,18-19H,3-6,9-10,13-14H2,1-2H3/t18-,19+/m0/s1. The van der Waals surface area contributed by atoms with E-state index in [9.17, 15) is 4.79 Å². The van der Waals surface area contributed by atoms with Crippen LogP contribution >= 0.6 is 0 Å². The summed E-state index contributed by atoms with van der Waals surface area (Å²) in [6.45, 7) is 2.61. The number of carbonyl (C=O) groups excluding carboxylic acids is 1. The average molecular weight is 356 g/mol. The summed E-state index contributed by atoms with van der Waals surface area (Å²) in [5.41, 5.74) is 2.38. The second-order valence-corrected chi connectivity index (χ2v) is 7.64. The molecular weight excluding hydrogens is 328 g/mol. The minimum Gasteiger partial charge on any atom is -0.497 e. The number of likely N-dealkylation sites (tertiary alicyclic amines) is 2. The number of ether oxygens (including phenoxy) is 2. The lowest BCUT2D eigenvalue weighted by atomic mass is 9.97. The molecule has 1 aromatic carbocycles. The molecule has 0 bridgehead atoms. The van der Waals surface area contributed by atoms with Gasteiger partial charge in [0.1, 0.15) is 18.1 Å². The van der Waals surface area contributed by atoms with Crippen LogP contribution in [0.4, 0.5) is 0 Å². The Balaban J connectivity index is 1.50. The van der Waals surface area contributed by atoms with Crippen molar-refractivity contribution in [3.05, 3.63) is 29.3 Å². The Morgan fingerprint density at radius 2 is 2.12 bits per heavy atom. The minimum atomic E-state index is 0.308. The molecule has 3 aliphatic heterocycles. The molecule has 2 atom stereocenters. The number of methoxy groups -OCH3 is 1. The number of fused-ring (bicyclic) bond motifs is 2. The number of carbonyl (C=O) groups is 1. The molecule has 26 heavy (non-hydrogen) atoms. The van der Waals surface area contributed by atoms with Crippen LogP contribution in [0.25, 0.3) is 6.08 Å². The molecule has 0 saturated carbocycles. The summed E-state index contributed by atoms with van der Waals surface area (Å²) in [5, 5.41) is 0. The maximum atomic E-state index is 12.3. The molecule has 1 amide bonds. The molecular formula is C21H28N2O3. The second kappa shape index (κ2) is 7.31. The van der Waals surface area contributed by atoms with Crippen LogP contribution in [0.3, 0.4) is 0 Å². The van der Waals surface area contributed by atoms with Gasteiger partial charge in [0.25, 0.3) is 0 Å². The van der Waals surface area contributed by atoms with Crippen molar-refractivity contribution in [2.75, 3.05) is 33.9 Å². The normalized spacial score (nSPS) is 26.3. The largest absolute Gasteiger partial charge is 0.497 e. The zero-order valence-electron chi connectivity index (χ0n) is 15.7. The van der Waals surface area contributed by atoms with Crippen LogP contribution in [-0.2, 0) is 4.79 Å². The lowest BCUT2D eigenvalue weighted by Crippen LogP contribution is -2.47. The van der Waals surface area contributed by atoms with E-state index in [1.54, 1.807) is 7.11 Å². The van der Waals surface area contributed by atoms with Gasteiger partial charge in [0.05, 0.1) is 7.11 Å². The molecule has 5 nitrogen and oxygen atoms in total. The van der Waals surface area contributed by atoms with E-state index >= 15 is 0 Å². The Hall–Kier alpha value is -2.01. The van der Waals surface area contributed by atoms with E-state index in [1.807, 2.05) is 30.1 Å². The van der Waals surface area contributed by atoms with E-state index in [-0.39, 0.29) is 0 Å². The fraction of sp³-hybridized carbons (Fsp3) is 0.571. The predicted octanol–water partition coefficient (Wildman–Crippen LogP) is 2.95. The highest BCUT2D eigenvalue weighted by atomic mass is 16.5. The van der Waals surface area contributed by atoms with Crippen molar-refractivity contribution in [2.45, 2.75) is 44.2 Å². The molecule has 0 unspecified atom stereocenters. The fourth-order valence-corrected chi connectivity index (χ4v) is 4.60. The first-order chi connectivity index (χ1) is 12.7. The zero-order valence-corrected chi connectivity index (χ0v) is 15.7. The molecule has 0 radical (unpaired) electrons. The molecule has 3 aliphatic rings. The van der Waals surface area contributed by atoms with E-state index in [0.29, 0.717) is 31.0 Å². The van der Waals surface area contributed by atoms with E-state index in [1.165, 1.54) is 12.0 Å². The fourth-order valence-electron chi connectivity index (χ4n) is 4.60. The average Bonchev–Trinajstić information content (AvgIpc) is 3.04. The van der Waals surface area contributed by atoms with Crippen molar-refractivity contribution in [1.29, 1.82) is 0 Å². The second-order valence-electron chi connectivity index (χ2n) is 7.64. The van der Waals surface area contributed by atoms with Crippen molar-refractivity contribution in [3.63, 3.8) is 0 Å². The van der Waals surface area contributed by atoms with Crippen molar-refractivity contribution in [2.24, 2.45) is 0 Å². The Morgan fingerprint density at radius 3 is 2.96 bits per heavy atom. The molecule has 0 aromatic heterocycles. The summed E-state index contributed by atoms with van der Waals surface area (Å²) >= 11 is 0. The summed E-state index contributed by atoms with van der Waals surface area (Å²) in [6, 6.07) is 6.77. The van der Waals surface area contributed by atoms with Gasteiger partial charge in [0.2, 0.25) is 5.91 Å². The Kier molecular flexibility index (Phi) is 4.90. The van der Waals surface area contributed by atoms with Crippen LogP contribution < -0.4 is 9.47 Å². The zero-order chi connectivity index (χ0) is 18.1. The van der Waals surface area contributed by atoms with Gasteiger partial charge in [-0.25, -0.2) is 0 Å². The number of benzene rings is 1. The molecule has 0 spiro atoms. The van der Waals surface area contributed by atoms with Gasteiger partial charge in [-0.1, -0.05) is 6.42 Å². The van der Waals surface area contributed by atoms with Gasteiger partial charge < -0.3 is 14.4 Å².